The molecule has 1 atom stereocenters. The molecule has 0 aliphatic carbocycles. The lowest BCUT2D eigenvalue weighted by atomic mass is 10.1. The van der Waals surface area contributed by atoms with Crippen molar-refractivity contribution in [3.05, 3.63) is 35.7 Å². The van der Waals surface area contributed by atoms with Crippen LogP contribution >= 0.6 is 0 Å². The first-order valence-electron chi connectivity index (χ1n) is 9.72. The normalized spacial score (nSPS) is 16.7. The van der Waals surface area contributed by atoms with Gasteiger partial charge in [-0.15, -0.1) is 5.10 Å². The minimum atomic E-state index is -0.0333. The molecule has 1 aromatic carbocycles. The molecule has 7 heteroatoms. The van der Waals surface area contributed by atoms with E-state index < -0.39 is 0 Å². The molecule has 0 saturated carbocycles. The first-order valence-corrected chi connectivity index (χ1v) is 9.72. The predicted molar refractivity (Wildman–Crippen MR) is 104 cm³/mol. The molecular weight excluding hydrogens is 342 g/mol. The first kappa shape index (κ1) is 19.4. The van der Waals surface area contributed by atoms with E-state index in [1.165, 1.54) is 0 Å². The van der Waals surface area contributed by atoms with E-state index in [1.807, 2.05) is 49.9 Å². The highest BCUT2D eigenvalue weighted by atomic mass is 16.5. The van der Waals surface area contributed by atoms with Crippen LogP contribution in [0.15, 0.2) is 24.3 Å². The van der Waals surface area contributed by atoms with Gasteiger partial charge in [-0.25, -0.2) is 4.68 Å². The van der Waals surface area contributed by atoms with Gasteiger partial charge in [0, 0.05) is 19.1 Å². The summed E-state index contributed by atoms with van der Waals surface area (Å²) in [6, 6.07) is 7.91. The molecule has 1 fully saturated rings. The van der Waals surface area contributed by atoms with Crippen molar-refractivity contribution in [2.45, 2.75) is 52.7 Å². The number of benzene rings is 1. The van der Waals surface area contributed by atoms with Gasteiger partial charge in [0.15, 0.2) is 5.69 Å². The lowest BCUT2D eigenvalue weighted by Gasteiger charge is -2.27. The summed E-state index contributed by atoms with van der Waals surface area (Å²) in [6.45, 7) is 10.5. The number of rotatable bonds is 7. The molecule has 1 aliphatic heterocycles. The molecule has 1 saturated heterocycles. The molecule has 7 nitrogen and oxygen atoms in total. The van der Waals surface area contributed by atoms with Gasteiger partial charge in [-0.3, -0.25) is 4.79 Å². The molecule has 1 aromatic heterocycles. The lowest BCUT2D eigenvalue weighted by molar-refractivity contribution is 0.0685. The van der Waals surface area contributed by atoms with E-state index >= 15 is 0 Å². The highest BCUT2D eigenvalue weighted by Gasteiger charge is 2.29. The minimum absolute atomic E-state index is 0.0333. The van der Waals surface area contributed by atoms with Crippen LogP contribution in [0.2, 0.25) is 0 Å². The summed E-state index contributed by atoms with van der Waals surface area (Å²) in [5.74, 6) is 0.778. The smallest absolute Gasteiger partial charge is 0.276 e. The van der Waals surface area contributed by atoms with Crippen LogP contribution in [0, 0.1) is 6.92 Å². The van der Waals surface area contributed by atoms with E-state index in [0.29, 0.717) is 5.69 Å². The van der Waals surface area contributed by atoms with Crippen LogP contribution < -0.4 is 10.1 Å². The third-order valence-corrected chi connectivity index (χ3v) is 4.75. The zero-order chi connectivity index (χ0) is 19.4. The Morgan fingerprint density at radius 3 is 2.70 bits per heavy atom. The van der Waals surface area contributed by atoms with Crippen LogP contribution in [0.5, 0.6) is 5.75 Å². The SMILES string of the molecule is CCCN(C(=O)c1nnn(-c2ccc(OC(C)C)cc2)c1C)C1CCNC1. The number of ether oxygens (including phenoxy) is 1. The molecule has 146 valence electrons. The van der Waals surface area contributed by atoms with Gasteiger partial charge in [-0.2, -0.15) is 0 Å². The Morgan fingerprint density at radius 2 is 2.11 bits per heavy atom. The molecule has 1 unspecified atom stereocenters. The average Bonchev–Trinajstić information content (AvgIpc) is 3.29. The summed E-state index contributed by atoms with van der Waals surface area (Å²) < 4.78 is 7.39. The maximum atomic E-state index is 13.1. The maximum absolute atomic E-state index is 13.1. The Bertz CT molecular complexity index is 763. The molecule has 0 spiro atoms. The zero-order valence-electron chi connectivity index (χ0n) is 16.6. The Morgan fingerprint density at radius 1 is 1.37 bits per heavy atom. The van der Waals surface area contributed by atoms with Crippen LogP contribution in [-0.2, 0) is 0 Å². The van der Waals surface area contributed by atoms with E-state index in [9.17, 15) is 4.79 Å². The summed E-state index contributed by atoms with van der Waals surface area (Å²) in [5.41, 5.74) is 2.04. The van der Waals surface area contributed by atoms with E-state index in [1.54, 1.807) is 4.68 Å². The van der Waals surface area contributed by atoms with E-state index in [2.05, 4.69) is 22.6 Å². The minimum Gasteiger partial charge on any atom is -0.491 e. The largest absolute Gasteiger partial charge is 0.491 e. The Labute approximate surface area is 160 Å². The Kier molecular flexibility index (Phi) is 6.11. The van der Waals surface area contributed by atoms with Gasteiger partial charge in [0.2, 0.25) is 0 Å². The number of nitrogens with zero attached hydrogens (tertiary/aromatic N) is 4. The van der Waals surface area contributed by atoms with Gasteiger partial charge in [0.25, 0.3) is 5.91 Å². The van der Waals surface area contributed by atoms with E-state index in [-0.39, 0.29) is 18.1 Å². The van der Waals surface area contributed by atoms with Crippen molar-refractivity contribution >= 4 is 5.91 Å². The number of amides is 1. The fourth-order valence-corrected chi connectivity index (χ4v) is 3.44. The third kappa shape index (κ3) is 4.30. The molecular formula is C20H29N5O2. The molecule has 1 N–H and O–H groups in total. The number of nitrogens with one attached hydrogen (secondary N) is 1. The molecule has 2 aromatic rings. The van der Waals surface area contributed by atoms with Gasteiger partial charge in [-0.05, 0) is 64.4 Å². The predicted octanol–water partition coefficient (Wildman–Crippen LogP) is 2.58. The molecule has 3 rings (SSSR count). The number of carbonyl (C=O) groups excluding carboxylic acids is 1. The summed E-state index contributed by atoms with van der Waals surface area (Å²) in [7, 11) is 0. The Balaban J connectivity index is 1.82. The van der Waals surface area contributed by atoms with Gasteiger partial charge in [0.1, 0.15) is 5.75 Å². The second-order valence-electron chi connectivity index (χ2n) is 7.24. The summed E-state index contributed by atoms with van der Waals surface area (Å²) in [6.07, 6.45) is 2.03. The fraction of sp³-hybridized carbons (Fsp3) is 0.550. The van der Waals surface area contributed by atoms with Gasteiger partial charge in [-0.1, -0.05) is 12.1 Å². The van der Waals surface area contributed by atoms with Crippen LogP contribution in [0.3, 0.4) is 0 Å². The summed E-state index contributed by atoms with van der Waals surface area (Å²) in [4.78, 5) is 15.1. The van der Waals surface area contributed by atoms with Crippen LogP contribution in [0.25, 0.3) is 5.69 Å². The summed E-state index contributed by atoms with van der Waals surface area (Å²) >= 11 is 0. The van der Waals surface area contributed by atoms with Crippen molar-refractivity contribution in [1.29, 1.82) is 0 Å². The standard InChI is InChI=1S/C20H29N5O2/c1-5-12-24(17-10-11-21-13-17)20(26)19-15(4)25(23-22-19)16-6-8-18(9-7-16)27-14(2)3/h6-9,14,17,21H,5,10-13H2,1-4H3. The second-order valence-corrected chi connectivity index (χ2v) is 7.24. The molecule has 1 amide bonds. The molecule has 2 heterocycles. The molecule has 27 heavy (non-hydrogen) atoms. The highest BCUT2D eigenvalue weighted by molar-refractivity contribution is 5.93. The number of aromatic nitrogens is 3. The number of carbonyl (C=O) groups is 1. The Hall–Kier alpha value is -2.41. The van der Waals surface area contributed by atoms with Gasteiger partial charge in [0.05, 0.1) is 17.5 Å². The van der Waals surface area contributed by atoms with Crippen molar-refractivity contribution in [3.8, 4) is 11.4 Å². The van der Waals surface area contributed by atoms with Gasteiger partial charge < -0.3 is 15.0 Å². The number of hydrogen-bond acceptors (Lipinski definition) is 5. The molecule has 0 radical (unpaired) electrons. The average molecular weight is 371 g/mol. The molecule has 1 aliphatic rings. The van der Waals surface area contributed by atoms with Crippen molar-refractivity contribution < 1.29 is 9.53 Å². The molecule has 0 bridgehead atoms. The summed E-state index contributed by atoms with van der Waals surface area (Å²) in [5, 5.41) is 11.8. The second kappa shape index (κ2) is 8.52. The topological polar surface area (TPSA) is 72.3 Å². The van der Waals surface area contributed by atoms with Crippen LogP contribution in [0.4, 0.5) is 0 Å². The first-order chi connectivity index (χ1) is 13.0. The maximum Gasteiger partial charge on any atom is 0.276 e. The number of hydrogen-bond donors (Lipinski definition) is 1. The quantitative estimate of drug-likeness (QED) is 0.810. The van der Waals surface area contributed by atoms with Gasteiger partial charge >= 0.3 is 0 Å². The van der Waals surface area contributed by atoms with Crippen molar-refractivity contribution in [3.63, 3.8) is 0 Å². The van der Waals surface area contributed by atoms with Crippen molar-refractivity contribution in [2.24, 2.45) is 0 Å². The van der Waals surface area contributed by atoms with Crippen molar-refractivity contribution in [1.82, 2.24) is 25.2 Å². The third-order valence-electron chi connectivity index (χ3n) is 4.75. The van der Waals surface area contributed by atoms with E-state index in [4.69, 9.17) is 4.74 Å². The fourth-order valence-electron chi connectivity index (χ4n) is 3.44. The van der Waals surface area contributed by atoms with Crippen LogP contribution in [0.1, 0.15) is 49.8 Å². The van der Waals surface area contributed by atoms with E-state index in [0.717, 1.165) is 49.6 Å². The monoisotopic (exact) mass is 371 g/mol. The highest BCUT2D eigenvalue weighted by Crippen LogP contribution is 2.20. The van der Waals surface area contributed by atoms with Crippen LogP contribution in [-0.4, -0.2) is 57.6 Å². The van der Waals surface area contributed by atoms with Crippen molar-refractivity contribution in [2.75, 3.05) is 19.6 Å². The lowest BCUT2D eigenvalue weighted by Crippen LogP contribution is -2.42. The zero-order valence-corrected chi connectivity index (χ0v) is 16.6.